The lowest BCUT2D eigenvalue weighted by Crippen LogP contribution is -2.27. The van der Waals surface area contributed by atoms with Crippen LogP contribution < -0.4 is 11.1 Å². The zero-order valence-corrected chi connectivity index (χ0v) is 11.1. The van der Waals surface area contributed by atoms with Crippen molar-refractivity contribution in [2.75, 3.05) is 0 Å². The number of rotatable bonds is 4. The minimum Gasteiger partial charge on any atom is -0.409 e. The maximum Gasteiger partial charge on any atom is 0.170 e. The van der Waals surface area contributed by atoms with Crippen molar-refractivity contribution in [3.8, 4) is 0 Å². The molecular formula is C14H20FN3O. The van der Waals surface area contributed by atoms with E-state index in [4.69, 9.17) is 10.9 Å². The number of nitrogens with two attached hydrogens (primary N) is 1. The zero-order chi connectivity index (χ0) is 13.8. The molecule has 19 heavy (non-hydrogen) atoms. The summed E-state index contributed by atoms with van der Waals surface area (Å²) in [6.07, 6.45) is 3.58. The van der Waals surface area contributed by atoms with Gasteiger partial charge in [0.1, 0.15) is 5.82 Å². The van der Waals surface area contributed by atoms with Crippen LogP contribution in [0.4, 0.5) is 4.39 Å². The Morgan fingerprint density at radius 3 is 2.95 bits per heavy atom. The molecule has 5 heteroatoms. The molecule has 2 rings (SSSR count). The lowest BCUT2D eigenvalue weighted by atomic mass is 10.1. The first-order valence-corrected chi connectivity index (χ1v) is 6.60. The van der Waals surface area contributed by atoms with Gasteiger partial charge in [0.25, 0.3) is 0 Å². The van der Waals surface area contributed by atoms with Crippen LogP contribution in [0.3, 0.4) is 0 Å². The van der Waals surface area contributed by atoms with E-state index in [0.29, 0.717) is 18.2 Å². The SMILES string of the molecule is CC1CCC(NCc2ccc(F)cc2/C(N)=N/O)C1. The summed E-state index contributed by atoms with van der Waals surface area (Å²) in [5.74, 6) is 0.310. The van der Waals surface area contributed by atoms with Crippen molar-refractivity contribution in [2.24, 2.45) is 16.8 Å². The molecule has 0 saturated heterocycles. The Morgan fingerprint density at radius 2 is 2.32 bits per heavy atom. The van der Waals surface area contributed by atoms with Gasteiger partial charge in [0.15, 0.2) is 5.84 Å². The average molecular weight is 265 g/mol. The summed E-state index contributed by atoms with van der Waals surface area (Å²) in [5.41, 5.74) is 6.86. The van der Waals surface area contributed by atoms with Gasteiger partial charge in [0.2, 0.25) is 0 Å². The van der Waals surface area contributed by atoms with Gasteiger partial charge in [-0.3, -0.25) is 0 Å². The van der Waals surface area contributed by atoms with Gasteiger partial charge in [-0.15, -0.1) is 0 Å². The number of hydrogen-bond acceptors (Lipinski definition) is 3. The third-order valence-electron chi connectivity index (χ3n) is 3.73. The monoisotopic (exact) mass is 265 g/mol. The molecule has 104 valence electrons. The van der Waals surface area contributed by atoms with Crippen molar-refractivity contribution in [1.82, 2.24) is 5.32 Å². The van der Waals surface area contributed by atoms with E-state index in [9.17, 15) is 4.39 Å². The van der Waals surface area contributed by atoms with Crippen molar-refractivity contribution in [3.05, 3.63) is 35.1 Å². The van der Waals surface area contributed by atoms with E-state index in [2.05, 4.69) is 17.4 Å². The van der Waals surface area contributed by atoms with Crippen molar-refractivity contribution in [2.45, 2.75) is 38.8 Å². The number of amidine groups is 1. The van der Waals surface area contributed by atoms with Crippen LogP contribution in [0, 0.1) is 11.7 Å². The molecule has 0 amide bonds. The van der Waals surface area contributed by atoms with Crippen molar-refractivity contribution < 1.29 is 9.60 Å². The van der Waals surface area contributed by atoms with E-state index in [1.807, 2.05) is 0 Å². The first-order valence-electron chi connectivity index (χ1n) is 6.60. The highest BCUT2D eigenvalue weighted by Crippen LogP contribution is 2.25. The average Bonchev–Trinajstić information content (AvgIpc) is 2.82. The normalized spacial score (nSPS) is 23.8. The van der Waals surface area contributed by atoms with E-state index in [1.54, 1.807) is 6.07 Å². The Morgan fingerprint density at radius 1 is 1.53 bits per heavy atom. The summed E-state index contributed by atoms with van der Waals surface area (Å²) in [6.45, 7) is 2.85. The standard InChI is InChI=1S/C14H20FN3O/c1-9-2-5-12(6-9)17-8-10-3-4-11(15)7-13(10)14(16)18-19/h3-4,7,9,12,17,19H,2,5-6,8H2,1H3,(H2,16,18). The van der Waals surface area contributed by atoms with Gasteiger partial charge in [-0.25, -0.2) is 4.39 Å². The van der Waals surface area contributed by atoms with Crippen molar-refractivity contribution in [3.63, 3.8) is 0 Å². The van der Waals surface area contributed by atoms with Gasteiger partial charge in [0.05, 0.1) is 0 Å². The fraction of sp³-hybridized carbons (Fsp3) is 0.500. The number of nitrogens with one attached hydrogen (secondary N) is 1. The second-order valence-corrected chi connectivity index (χ2v) is 5.28. The third-order valence-corrected chi connectivity index (χ3v) is 3.73. The molecule has 1 aliphatic rings. The molecule has 1 aromatic rings. The predicted molar refractivity (Wildman–Crippen MR) is 72.6 cm³/mol. The fourth-order valence-corrected chi connectivity index (χ4v) is 2.64. The second kappa shape index (κ2) is 6.02. The van der Waals surface area contributed by atoms with Gasteiger partial charge in [-0.2, -0.15) is 0 Å². The lowest BCUT2D eigenvalue weighted by molar-refractivity contribution is 0.318. The smallest absolute Gasteiger partial charge is 0.170 e. The quantitative estimate of drug-likeness (QED) is 0.338. The van der Waals surface area contributed by atoms with Crippen LogP contribution in [-0.2, 0) is 6.54 Å². The Hall–Kier alpha value is -1.62. The summed E-state index contributed by atoms with van der Waals surface area (Å²) in [7, 11) is 0. The topological polar surface area (TPSA) is 70.6 Å². The van der Waals surface area contributed by atoms with E-state index in [0.717, 1.165) is 11.5 Å². The van der Waals surface area contributed by atoms with E-state index < -0.39 is 0 Å². The Balaban J connectivity index is 2.07. The molecule has 0 aromatic heterocycles. The van der Waals surface area contributed by atoms with Crippen LogP contribution in [0.1, 0.15) is 37.3 Å². The first-order chi connectivity index (χ1) is 9.10. The summed E-state index contributed by atoms with van der Waals surface area (Å²) in [4.78, 5) is 0. The number of hydrogen-bond donors (Lipinski definition) is 3. The molecule has 0 radical (unpaired) electrons. The highest BCUT2D eigenvalue weighted by molar-refractivity contribution is 5.98. The molecular weight excluding hydrogens is 245 g/mol. The van der Waals surface area contributed by atoms with E-state index >= 15 is 0 Å². The van der Waals surface area contributed by atoms with Gasteiger partial charge < -0.3 is 16.3 Å². The summed E-state index contributed by atoms with van der Waals surface area (Å²) >= 11 is 0. The molecule has 4 N–H and O–H groups in total. The van der Waals surface area contributed by atoms with Gasteiger partial charge in [0, 0.05) is 18.2 Å². The highest BCUT2D eigenvalue weighted by atomic mass is 19.1. The summed E-state index contributed by atoms with van der Waals surface area (Å²) < 4.78 is 13.2. The minimum atomic E-state index is -0.389. The summed E-state index contributed by atoms with van der Waals surface area (Å²) in [6, 6.07) is 4.86. The number of oxime groups is 1. The van der Waals surface area contributed by atoms with Gasteiger partial charge in [-0.05, 0) is 42.9 Å². The Labute approximate surface area is 112 Å². The molecule has 4 nitrogen and oxygen atoms in total. The number of benzene rings is 1. The lowest BCUT2D eigenvalue weighted by Gasteiger charge is -2.14. The maximum atomic E-state index is 13.2. The third kappa shape index (κ3) is 3.44. The molecule has 0 aliphatic heterocycles. The minimum absolute atomic E-state index is 0.0592. The molecule has 1 aliphatic carbocycles. The van der Waals surface area contributed by atoms with Crippen LogP contribution in [0.25, 0.3) is 0 Å². The largest absolute Gasteiger partial charge is 0.409 e. The van der Waals surface area contributed by atoms with E-state index in [-0.39, 0.29) is 11.7 Å². The predicted octanol–water partition coefficient (Wildman–Crippen LogP) is 2.20. The molecule has 2 unspecified atom stereocenters. The van der Waals surface area contributed by atoms with Crippen LogP contribution in [0.2, 0.25) is 0 Å². The Kier molecular flexibility index (Phi) is 4.37. The van der Waals surface area contributed by atoms with Gasteiger partial charge >= 0.3 is 0 Å². The second-order valence-electron chi connectivity index (χ2n) is 5.28. The number of nitrogens with zero attached hydrogens (tertiary/aromatic N) is 1. The van der Waals surface area contributed by atoms with Crippen molar-refractivity contribution >= 4 is 5.84 Å². The Bertz CT molecular complexity index is 476. The molecule has 2 atom stereocenters. The highest BCUT2D eigenvalue weighted by Gasteiger charge is 2.21. The van der Waals surface area contributed by atoms with E-state index in [1.165, 1.54) is 31.4 Å². The zero-order valence-electron chi connectivity index (χ0n) is 11.1. The van der Waals surface area contributed by atoms with Crippen molar-refractivity contribution in [1.29, 1.82) is 0 Å². The molecule has 1 fully saturated rings. The van der Waals surface area contributed by atoms with Crippen LogP contribution in [-0.4, -0.2) is 17.1 Å². The molecule has 0 heterocycles. The van der Waals surface area contributed by atoms with Crippen LogP contribution in [0.5, 0.6) is 0 Å². The first kappa shape index (κ1) is 13.8. The van der Waals surface area contributed by atoms with Gasteiger partial charge in [-0.1, -0.05) is 18.1 Å². The number of halogens is 1. The molecule has 0 spiro atoms. The van der Waals surface area contributed by atoms with Crippen LogP contribution in [0.15, 0.2) is 23.4 Å². The molecule has 1 saturated carbocycles. The summed E-state index contributed by atoms with van der Waals surface area (Å²) in [5, 5.41) is 15.1. The maximum absolute atomic E-state index is 13.2. The fourth-order valence-electron chi connectivity index (χ4n) is 2.64. The van der Waals surface area contributed by atoms with Crippen LogP contribution >= 0.6 is 0 Å². The molecule has 1 aromatic carbocycles. The molecule has 0 bridgehead atoms.